The van der Waals surface area contributed by atoms with E-state index in [0.29, 0.717) is 6.61 Å². The largest absolute Gasteiger partial charge is 0.492 e. The molecule has 0 radical (unpaired) electrons. The van der Waals surface area contributed by atoms with E-state index in [1.54, 1.807) is 11.3 Å². The Morgan fingerprint density at radius 2 is 2.27 bits per heavy atom. The maximum atomic E-state index is 5.53. The summed E-state index contributed by atoms with van der Waals surface area (Å²) in [5.74, 6) is 0.871. The molecule has 0 atom stereocenters. The van der Waals surface area contributed by atoms with Crippen molar-refractivity contribution in [3.63, 3.8) is 0 Å². The molecule has 0 saturated heterocycles. The fraction of sp³-hybridized carbons (Fsp3) is 0.364. The first kappa shape index (κ1) is 10.2. The van der Waals surface area contributed by atoms with Gasteiger partial charge in [-0.25, -0.2) is 4.98 Å². The lowest BCUT2D eigenvalue weighted by molar-refractivity contribution is 0.344. The molecule has 80 valence electrons. The van der Waals surface area contributed by atoms with E-state index >= 15 is 0 Å². The molecule has 15 heavy (non-hydrogen) atoms. The van der Waals surface area contributed by atoms with Crippen molar-refractivity contribution in [3.05, 3.63) is 18.2 Å². The molecule has 0 saturated carbocycles. The molecule has 0 fully saturated rings. The summed E-state index contributed by atoms with van der Waals surface area (Å²) in [5.41, 5.74) is 0.959. The highest BCUT2D eigenvalue weighted by molar-refractivity contribution is 7.22. The number of nitrogens with one attached hydrogen (secondary N) is 1. The minimum atomic E-state index is 0.674. The van der Waals surface area contributed by atoms with Crippen molar-refractivity contribution in [2.75, 3.05) is 18.5 Å². The fourth-order valence-corrected chi connectivity index (χ4v) is 2.37. The first-order valence-electron chi connectivity index (χ1n) is 5.11. The molecule has 2 aromatic rings. The summed E-state index contributed by atoms with van der Waals surface area (Å²) in [6.45, 7) is 5.61. The van der Waals surface area contributed by atoms with Gasteiger partial charge in [0.1, 0.15) is 11.3 Å². The summed E-state index contributed by atoms with van der Waals surface area (Å²) >= 11 is 1.66. The van der Waals surface area contributed by atoms with Crippen LogP contribution in [0.4, 0.5) is 5.13 Å². The molecular weight excluding hydrogens is 208 g/mol. The molecule has 2 rings (SSSR count). The summed E-state index contributed by atoms with van der Waals surface area (Å²) in [4.78, 5) is 4.50. The normalized spacial score (nSPS) is 10.5. The van der Waals surface area contributed by atoms with Crippen LogP contribution < -0.4 is 10.1 Å². The molecule has 0 bridgehead atoms. The Labute approximate surface area is 93.1 Å². The van der Waals surface area contributed by atoms with Gasteiger partial charge < -0.3 is 10.1 Å². The van der Waals surface area contributed by atoms with E-state index in [1.807, 2.05) is 19.1 Å². The second kappa shape index (κ2) is 4.49. The predicted molar refractivity (Wildman–Crippen MR) is 65.0 cm³/mol. The van der Waals surface area contributed by atoms with Crippen LogP contribution in [0.1, 0.15) is 13.8 Å². The van der Waals surface area contributed by atoms with E-state index < -0.39 is 0 Å². The molecule has 1 aromatic heterocycles. The average Bonchev–Trinajstić information content (AvgIpc) is 2.62. The van der Waals surface area contributed by atoms with Crippen LogP contribution in [0.15, 0.2) is 18.2 Å². The van der Waals surface area contributed by atoms with Crippen molar-refractivity contribution >= 4 is 26.7 Å². The van der Waals surface area contributed by atoms with Crippen molar-refractivity contribution in [2.24, 2.45) is 0 Å². The summed E-state index contributed by atoms with van der Waals surface area (Å²) in [6, 6.07) is 6.03. The Hall–Kier alpha value is -1.29. The smallest absolute Gasteiger partial charge is 0.183 e. The summed E-state index contributed by atoms with van der Waals surface area (Å²) in [6.07, 6.45) is 0. The molecular formula is C11H14N2OS. The van der Waals surface area contributed by atoms with Crippen LogP contribution in [0.5, 0.6) is 5.75 Å². The van der Waals surface area contributed by atoms with E-state index in [1.165, 1.54) is 0 Å². The predicted octanol–water partition coefficient (Wildman–Crippen LogP) is 3.13. The van der Waals surface area contributed by atoms with Crippen LogP contribution in [0.25, 0.3) is 10.2 Å². The van der Waals surface area contributed by atoms with E-state index in [9.17, 15) is 0 Å². The minimum Gasteiger partial charge on any atom is -0.492 e. The van der Waals surface area contributed by atoms with Crippen molar-refractivity contribution < 1.29 is 4.74 Å². The SMILES string of the molecule is CCNc1nc2c(OCC)cccc2s1. The number of benzene rings is 1. The molecule has 0 unspecified atom stereocenters. The Morgan fingerprint density at radius 1 is 1.40 bits per heavy atom. The molecule has 0 spiro atoms. The van der Waals surface area contributed by atoms with Gasteiger partial charge in [0.25, 0.3) is 0 Å². The Kier molecular flexibility index (Phi) is 3.06. The van der Waals surface area contributed by atoms with Crippen molar-refractivity contribution in [2.45, 2.75) is 13.8 Å². The highest BCUT2D eigenvalue weighted by Gasteiger charge is 2.07. The van der Waals surface area contributed by atoms with Crippen LogP contribution in [0.3, 0.4) is 0 Å². The molecule has 1 N–H and O–H groups in total. The van der Waals surface area contributed by atoms with Crippen LogP contribution in [0.2, 0.25) is 0 Å². The number of thiazole rings is 1. The highest BCUT2D eigenvalue weighted by Crippen LogP contribution is 2.32. The highest BCUT2D eigenvalue weighted by atomic mass is 32.1. The van der Waals surface area contributed by atoms with Gasteiger partial charge in [0, 0.05) is 6.54 Å². The van der Waals surface area contributed by atoms with Crippen LogP contribution in [-0.4, -0.2) is 18.1 Å². The van der Waals surface area contributed by atoms with Gasteiger partial charge in [0.15, 0.2) is 5.13 Å². The van der Waals surface area contributed by atoms with Crippen LogP contribution in [0, 0.1) is 0 Å². The third-order valence-electron chi connectivity index (χ3n) is 2.01. The topological polar surface area (TPSA) is 34.2 Å². The van der Waals surface area contributed by atoms with Gasteiger partial charge in [0.2, 0.25) is 0 Å². The lowest BCUT2D eigenvalue weighted by Gasteiger charge is -2.01. The van der Waals surface area contributed by atoms with E-state index in [2.05, 4.69) is 23.3 Å². The van der Waals surface area contributed by atoms with E-state index in [4.69, 9.17) is 4.74 Å². The van der Waals surface area contributed by atoms with Crippen molar-refractivity contribution in [1.82, 2.24) is 4.98 Å². The van der Waals surface area contributed by atoms with Gasteiger partial charge in [-0.3, -0.25) is 0 Å². The zero-order valence-corrected chi connectivity index (χ0v) is 9.73. The maximum absolute atomic E-state index is 5.53. The number of nitrogens with zero attached hydrogens (tertiary/aromatic N) is 1. The van der Waals surface area contributed by atoms with Gasteiger partial charge in [-0.1, -0.05) is 17.4 Å². The number of hydrogen-bond acceptors (Lipinski definition) is 4. The number of fused-ring (bicyclic) bond motifs is 1. The zero-order valence-electron chi connectivity index (χ0n) is 8.91. The second-order valence-electron chi connectivity index (χ2n) is 3.09. The molecule has 4 heteroatoms. The van der Waals surface area contributed by atoms with Gasteiger partial charge in [-0.2, -0.15) is 0 Å². The number of anilines is 1. The fourth-order valence-electron chi connectivity index (χ4n) is 1.42. The second-order valence-corrected chi connectivity index (χ2v) is 4.12. The number of para-hydroxylation sites is 1. The first-order valence-corrected chi connectivity index (χ1v) is 5.93. The average molecular weight is 222 g/mol. The van der Waals surface area contributed by atoms with Gasteiger partial charge in [0.05, 0.1) is 11.3 Å². The molecule has 0 amide bonds. The van der Waals surface area contributed by atoms with Crippen LogP contribution >= 0.6 is 11.3 Å². The van der Waals surface area contributed by atoms with E-state index in [0.717, 1.165) is 27.6 Å². The van der Waals surface area contributed by atoms with Gasteiger partial charge in [-0.05, 0) is 26.0 Å². The summed E-state index contributed by atoms with van der Waals surface area (Å²) < 4.78 is 6.69. The summed E-state index contributed by atoms with van der Waals surface area (Å²) in [5, 5.41) is 4.18. The Bertz CT molecular complexity index is 453. The standard InChI is InChI=1S/C11H14N2OS/c1-3-12-11-13-10-8(14-4-2)6-5-7-9(10)15-11/h5-7H,3-4H2,1-2H3,(H,12,13). The zero-order chi connectivity index (χ0) is 10.7. The number of hydrogen-bond donors (Lipinski definition) is 1. The van der Waals surface area contributed by atoms with Crippen molar-refractivity contribution in [1.29, 1.82) is 0 Å². The van der Waals surface area contributed by atoms with Gasteiger partial charge in [-0.15, -0.1) is 0 Å². The summed E-state index contributed by atoms with van der Waals surface area (Å²) in [7, 11) is 0. The molecule has 1 aromatic carbocycles. The molecule has 0 aliphatic rings. The number of rotatable bonds is 4. The monoisotopic (exact) mass is 222 g/mol. The lowest BCUT2D eigenvalue weighted by atomic mass is 10.3. The Morgan fingerprint density at radius 3 is 3.00 bits per heavy atom. The minimum absolute atomic E-state index is 0.674. The molecule has 0 aliphatic heterocycles. The lowest BCUT2D eigenvalue weighted by Crippen LogP contribution is -1.95. The number of ether oxygens (including phenoxy) is 1. The van der Waals surface area contributed by atoms with Crippen molar-refractivity contribution in [3.8, 4) is 5.75 Å². The van der Waals surface area contributed by atoms with Gasteiger partial charge >= 0.3 is 0 Å². The quantitative estimate of drug-likeness (QED) is 0.863. The third-order valence-corrected chi connectivity index (χ3v) is 2.99. The van der Waals surface area contributed by atoms with E-state index in [-0.39, 0.29) is 0 Å². The van der Waals surface area contributed by atoms with Crippen LogP contribution in [-0.2, 0) is 0 Å². The Balaban J connectivity index is 2.44. The molecule has 0 aliphatic carbocycles. The first-order chi connectivity index (χ1) is 7.35. The number of aromatic nitrogens is 1. The molecule has 1 heterocycles. The third kappa shape index (κ3) is 2.04. The maximum Gasteiger partial charge on any atom is 0.183 e. The molecule has 3 nitrogen and oxygen atoms in total.